The molecule has 4 aromatic rings. The zero-order chi connectivity index (χ0) is 23.2. The number of aromatic nitrogens is 5. The van der Waals surface area contributed by atoms with Gasteiger partial charge in [-0.2, -0.15) is 10.1 Å². The maximum absolute atomic E-state index is 11.7. The Kier molecular flexibility index (Phi) is 5.32. The topological polar surface area (TPSA) is 98.3 Å². The minimum atomic E-state index is -0.864. The van der Waals surface area contributed by atoms with E-state index in [4.69, 9.17) is 9.72 Å². The van der Waals surface area contributed by atoms with E-state index in [9.17, 15) is 9.90 Å². The number of hydrogen-bond donors (Lipinski definition) is 1. The van der Waals surface area contributed by atoms with Crippen LogP contribution < -0.4 is 4.74 Å². The average molecular weight is 467 g/mol. The lowest BCUT2D eigenvalue weighted by Crippen LogP contribution is -2.53. The van der Waals surface area contributed by atoms with Gasteiger partial charge in [0, 0.05) is 42.4 Å². The Balaban J connectivity index is 1.33. The zero-order valence-electron chi connectivity index (χ0n) is 18.8. The number of ether oxygens (including phenoxy) is 1. The van der Waals surface area contributed by atoms with Crippen LogP contribution in [0, 0.1) is 5.41 Å². The lowest BCUT2D eigenvalue weighted by Gasteiger charge is -2.44. The van der Waals surface area contributed by atoms with E-state index in [1.807, 2.05) is 34.3 Å². The van der Waals surface area contributed by atoms with E-state index in [0.29, 0.717) is 24.6 Å². The van der Waals surface area contributed by atoms with Gasteiger partial charge in [0.2, 0.25) is 0 Å². The standard InChI is InChI=1S/C23H26N6O3S/c1-23(2,3)19-11-17(7-9-28(19)22(30)31)32-21-26-20(12-33-21)27-8-6-15-10-16(4-5-18(15)27)29-14-24-13-25-29/h4-6,8,10,12-14,17,19H,7,9,11H2,1-3H3,(H,30,31). The van der Waals surface area contributed by atoms with Crippen LogP contribution in [0.2, 0.25) is 0 Å². The molecule has 0 bridgehead atoms. The second-order valence-corrected chi connectivity index (χ2v) is 10.2. The highest BCUT2D eigenvalue weighted by Crippen LogP contribution is 2.35. The molecule has 1 N–H and O–H groups in total. The van der Waals surface area contributed by atoms with Crippen LogP contribution in [0.25, 0.3) is 22.4 Å². The summed E-state index contributed by atoms with van der Waals surface area (Å²) in [6.07, 6.45) is 5.57. The number of benzene rings is 1. The first-order chi connectivity index (χ1) is 15.8. The fourth-order valence-corrected chi connectivity index (χ4v) is 5.17. The fraction of sp³-hybridized carbons (Fsp3) is 0.391. The Morgan fingerprint density at radius 1 is 1.27 bits per heavy atom. The van der Waals surface area contributed by atoms with Gasteiger partial charge in [-0.1, -0.05) is 32.1 Å². The van der Waals surface area contributed by atoms with E-state index in [2.05, 4.69) is 36.9 Å². The van der Waals surface area contributed by atoms with E-state index in [0.717, 1.165) is 22.4 Å². The molecule has 1 fully saturated rings. The van der Waals surface area contributed by atoms with Crippen molar-refractivity contribution in [3.63, 3.8) is 0 Å². The minimum Gasteiger partial charge on any atom is -0.467 e. The molecule has 5 rings (SSSR count). The molecular weight excluding hydrogens is 440 g/mol. The second kappa shape index (κ2) is 8.18. The first-order valence-electron chi connectivity index (χ1n) is 10.9. The number of nitrogens with zero attached hydrogens (tertiary/aromatic N) is 6. The minimum absolute atomic E-state index is 0.0598. The van der Waals surface area contributed by atoms with Crippen molar-refractivity contribution in [2.24, 2.45) is 5.41 Å². The van der Waals surface area contributed by atoms with Gasteiger partial charge in [-0.25, -0.2) is 14.5 Å². The van der Waals surface area contributed by atoms with E-state index in [-0.39, 0.29) is 17.6 Å². The van der Waals surface area contributed by atoms with E-state index in [1.165, 1.54) is 17.7 Å². The fourth-order valence-electron chi connectivity index (χ4n) is 4.46. The van der Waals surface area contributed by atoms with Gasteiger partial charge in [0.25, 0.3) is 5.19 Å². The van der Waals surface area contributed by atoms with Crippen LogP contribution in [-0.2, 0) is 0 Å². The Morgan fingerprint density at radius 2 is 2.12 bits per heavy atom. The number of likely N-dealkylation sites (tertiary alicyclic amines) is 1. The molecule has 10 heteroatoms. The normalized spacial score (nSPS) is 19.2. The molecule has 0 spiro atoms. The molecule has 2 unspecified atom stereocenters. The van der Waals surface area contributed by atoms with Crippen LogP contribution in [0.4, 0.5) is 4.79 Å². The lowest BCUT2D eigenvalue weighted by molar-refractivity contribution is 0.0130. The maximum Gasteiger partial charge on any atom is 0.407 e. The van der Waals surface area contributed by atoms with Crippen molar-refractivity contribution < 1.29 is 14.6 Å². The average Bonchev–Trinajstić information content (AvgIpc) is 3.53. The molecule has 1 amide bonds. The number of carboxylic acid groups (broad SMARTS) is 1. The maximum atomic E-state index is 11.7. The third-order valence-corrected chi connectivity index (χ3v) is 6.86. The first kappa shape index (κ1) is 21.4. The van der Waals surface area contributed by atoms with Crippen molar-refractivity contribution in [3.05, 3.63) is 48.5 Å². The number of piperidine rings is 1. The highest BCUT2D eigenvalue weighted by atomic mass is 32.1. The zero-order valence-corrected chi connectivity index (χ0v) is 19.6. The third-order valence-electron chi connectivity index (χ3n) is 6.14. The predicted octanol–water partition coefficient (Wildman–Crippen LogP) is 4.60. The summed E-state index contributed by atoms with van der Waals surface area (Å²) < 4.78 is 9.99. The Morgan fingerprint density at radius 3 is 2.85 bits per heavy atom. The number of hydrogen-bond acceptors (Lipinski definition) is 6. The number of thiazole rings is 1. The molecule has 9 nitrogen and oxygen atoms in total. The monoisotopic (exact) mass is 466 g/mol. The molecule has 33 heavy (non-hydrogen) atoms. The van der Waals surface area contributed by atoms with E-state index >= 15 is 0 Å². The van der Waals surface area contributed by atoms with E-state index in [1.54, 1.807) is 15.9 Å². The summed E-state index contributed by atoms with van der Waals surface area (Å²) in [6.45, 7) is 6.69. The van der Waals surface area contributed by atoms with E-state index < -0.39 is 6.09 Å². The number of fused-ring (bicyclic) bond motifs is 1. The summed E-state index contributed by atoms with van der Waals surface area (Å²) in [4.78, 5) is 21.9. The molecule has 1 aliphatic heterocycles. The number of amides is 1. The van der Waals surface area contributed by atoms with Crippen LogP contribution in [0.15, 0.2) is 48.5 Å². The summed E-state index contributed by atoms with van der Waals surface area (Å²) >= 11 is 1.46. The molecule has 3 aromatic heterocycles. The van der Waals surface area contributed by atoms with Gasteiger partial charge in [0.15, 0.2) is 5.82 Å². The molecular formula is C23H26N6O3S. The van der Waals surface area contributed by atoms with Crippen molar-refractivity contribution in [1.82, 2.24) is 29.2 Å². The molecule has 172 valence electrons. The second-order valence-electron chi connectivity index (χ2n) is 9.36. The van der Waals surface area contributed by atoms with Crippen LogP contribution in [0.1, 0.15) is 33.6 Å². The molecule has 1 saturated heterocycles. The Hall–Kier alpha value is -3.40. The van der Waals surface area contributed by atoms with Gasteiger partial charge in [-0.15, -0.1) is 0 Å². The van der Waals surface area contributed by atoms with Crippen LogP contribution in [0.5, 0.6) is 5.19 Å². The quantitative estimate of drug-likeness (QED) is 0.472. The van der Waals surface area contributed by atoms with Gasteiger partial charge in [-0.05, 0) is 29.7 Å². The highest BCUT2D eigenvalue weighted by Gasteiger charge is 2.39. The number of rotatable bonds is 4. The summed E-state index contributed by atoms with van der Waals surface area (Å²) in [5, 5.41) is 17.4. The SMILES string of the molecule is CC(C)(C)C1CC(Oc2nc(-n3ccc4cc(-n5cncn5)ccc43)cs2)CCN1C(=O)O. The van der Waals surface area contributed by atoms with Crippen molar-refractivity contribution in [2.45, 2.75) is 45.8 Å². The third kappa shape index (κ3) is 4.18. The largest absolute Gasteiger partial charge is 0.467 e. The Labute approximate surface area is 195 Å². The summed E-state index contributed by atoms with van der Waals surface area (Å²) in [7, 11) is 0. The lowest BCUT2D eigenvalue weighted by atomic mass is 9.80. The molecule has 0 saturated carbocycles. The molecule has 0 radical (unpaired) electrons. The molecule has 4 heterocycles. The molecule has 0 aliphatic carbocycles. The van der Waals surface area contributed by atoms with Gasteiger partial charge in [0.1, 0.15) is 18.8 Å². The Bertz CT molecular complexity index is 1270. The first-order valence-corrected chi connectivity index (χ1v) is 11.8. The van der Waals surface area contributed by atoms with Gasteiger partial charge >= 0.3 is 6.09 Å². The van der Waals surface area contributed by atoms with Crippen molar-refractivity contribution in [3.8, 4) is 16.7 Å². The predicted molar refractivity (Wildman–Crippen MR) is 125 cm³/mol. The smallest absolute Gasteiger partial charge is 0.407 e. The highest BCUT2D eigenvalue weighted by molar-refractivity contribution is 7.11. The summed E-state index contributed by atoms with van der Waals surface area (Å²) in [5.41, 5.74) is 1.82. The molecule has 1 aromatic carbocycles. The van der Waals surface area contributed by atoms with Gasteiger partial charge < -0.3 is 19.3 Å². The van der Waals surface area contributed by atoms with Crippen LogP contribution in [-0.4, -0.2) is 59.1 Å². The van der Waals surface area contributed by atoms with Crippen molar-refractivity contribution in [2.75, 3.05) is 6.54 Å². The van der Waals surface area contributed by atoms with Crippen molar-refractivity contribution >= 4 is 28.3 Å². The van der Waals surface area contributed by atoms with Crippen molar-refractivity contribution in [1.29, 1.82) is 0 Å². The van der Waals surface area contributed by atoms with Crippen LogP contribution >= 0.6 is 11.3 Å². The van der Waals surface area contributed by atoms with Crippen LogP contribution in [0.3, 0.4) is 0 Å². The summed E-state index contributed by atoms with van der Waals surface area (Å²) in [6, 6.07) is 8.06. The summed E-state index contributed by atoms with van der Waals surface area (Å²) in [5.74, 6) is 0.800. The van der Waals surface area contributed by atoms with Gasteiger partial charge in [0.05, 0.1) is 11.2 Å². The number of carbonyl (C=O) groups is 1. The molecule has 2 atom stereocenters. The molecule has 1 aliphatic rings. The van der Waals surface area contributed by atoms with Gasteiger partial charge in [-0.3, -0.25) is 0 Å².